The summed E-state index contributed by atoms with van der Waals surface area (Å²) in [5.74, 6) is -0.00870. The van der Waals surface area contributed by atoms with Crippen molar-refractivity contribution >= 4 is 17.5 Å². The Balaban J connectivity index is 2.39. The summed E-state index contributed by atoms with van der Waals surface area (Å²) in [5.41, 5.74) is -1.11. The van der Waals surface area contributed by atoms with Crippen LogP contribution < -0.4 is 14.4 Å². The van der Waals surface area contributed by atoms with E-state index in [9.17, 15) is 19.3 Å². The van der Waals surface area contributed by atoms with Crippen molar-refractivity contribution in [2.45, 2.75) is 26.4 Å². The van der Waals surface area contributed by atoms with Crippen LogP contribution in [0, 0.1) is 15.9 Å². The summed E-state index contributed by atoms with van der Waals surface area (Å²) in [6, 6.07) is 7.64. The number of ether oxygens (including phenoxy) is 3. The number of nitro groups is 1. The minimum Gasteiger partial charge on any atom is -0.497 e. The molecule has 9 heteroatoms. The van der Waals surface area contributed by atoms with Crippen LogP contribution in [-0.2, 0) is 4.74 Å². The van der Waals surface area contributed by atoms with Crippen molar-refractivity contribution in [1.82, 2.24) is 0 Å². The Hall–Kier alpha value is -3.36. The van der Waals surface area contributed by atoms with E-state index in [1.54, 1.807) is 20.8 Å². The Bertz CT molecular complexity index is 894. The standard InChI is InChI=1S/C19H21FN2O6/c1-19(2,3)28-18(23)21(4)17-11-13(6-7-16(17)22(24)25)27-15-9-12(20)8-14(10-15)26-5/h6-11H,1-5H3. The maximum absolute atomic E-state index is 13.6. The zero-order valence-corrected chi connectivity index (χ0v) is 16.2. The smallest absolute Gasteiger partial charge is 0.414 e. The monoisotopic (exact) mass is 392 g/mol. The molecule has 0 aliphatic carbocycles. The van der Waals surface area contributed by atoms with Gasteiger partial charge in [0.2, 0.25) is 0 Å². The van der Waals surface area contributed by atoms with Crippen LogP contribution in [0.15, 0.2) is 36.4 Å². The van der Waals surface area contributed by atoms with Crippen molar-refractivity contribution < 1.29 is 28.3 Å². The largest absolute Gasteiger partial charge is 0.497 e. The van der Waals surface area contributed by atoms with E-state index in [1.165, 1.54) is 44.5 Å². The van der Waals surface area contributed by atoms with Gasteiger partial charge in [0.15, 0.2) is 0 Å². The molecule has 2 rings (SSSR count). The lowest BCUT2D eigenvalue weighted by Gasteiger charge is -2.24. The van der Waals surface area contributed by atoms with Crippen molar-refractivity contribution in [1.29, 1.82) is 0 Å². The Kier molecular flexibility index (Phi) is 6.07. The Labute approximate surface area is 161 Å². The van der Waals surface area contributed by atoms with Crippen LogP contribution in [0.2, 0.25) is 0 Å². The van der Waals surface area contributed by atoms with Gasteiger partial charge in [0.05, 0.1) is 12.0 Å². The average molecular weight is 392 g/mol. The minimum atomic E-state index is -0.771. The summed E-state index contributed by atoms with van der Waals surface area (Å²) in [6.45, 7) is 5.05. The number of anilines is 1. The quantitative estimate of drug-likeness (QED) is 0.531. The first kappa shape index (κ1) is 20.9. The van der Waals surface area contributed by atoms with Gasteiger partial charge >= 0.3 is 6.09 Å². The second kappa shape index (κ2) is 8.12. The summed E-state index contributed by atoms with van der Waals surface area (Å²) in [4.78, 5) is 24.1. The maximum Gasteiger partial charge on any atom is 0.414 e. The van der Waals surface area contributed by atoms with Crippen LogP contribution in [0.4, 0.5) is 20.6 Å². The molecular formula is C19H21FN2O6. The van der Waals surface area contributed by atoms with E-state index in [-0.39, 0.29) is 28.6 Å². The van der Waals surface area contributed by atoms with Crippen LogP contribution in [0.25, 0.3) is 0 Å². The number of rotatable bonds is 5. The van der Waals surface area contributed by atoms with Crippen molar-refractivity contribution in [2.75, 3.05) is 19.1 Å². The Morgan fingerprint density at radius 2 is 1.75 bits per heavy atom. The van der Waals surface area contributed by atoms with E-state index < -0.39 is 22.4 Å². The number of nitrogens with zero attached hydrogens (tertiary/aromatic N) is 2. The molecule has 0 fully saturated rings. The lowest BCUT2D eigenvalue weighted by atomic mass is 10.2. The third kappa shape index (κ3) is 5.32. The lowest BCUT2D eigenvalue weighted by Crippen LogP contribution is -2.34. The molecule has 0 atom stereocenters. The molecule has 0 spiro atoms. The zero-order valence-electron chi connectivity index (χ0n) is 16.2. The van der Waals surface area contributed by atoms with Crippen molar-refractivity contribution in [3.63, 3.8) is 0 Å². The third-order valence-corrected chi connectivity index (χ3v) is 3.49. The van der Waals surface area contributed by atoms with Gasteiger partial charge in [0.25, 0.3) is 5.69 Å². The van der Waals surface area contributed by atoms with E-state index in [2.05, 4.69) is 0 Å². The van der Waals surface area contributed by atoms with Crippen LogP contribution in [0.3, 0.4) is 0 Å². The number of benzene rings is 2. The molecular weight excluding hydrogens is 371 g/mol. The second-order valence-electron chi connectivity index (χ2n) is 6.88. The predicted octanol–water partition coefficient (Wildman–Crippen LogP) is 4.91. The van der Waals surface area contributed by atoms with E-state index in [0.29, 0.717) is 0 Å². The Morgan fingerprint density at radius 3 is 2.32 bits per heavy atom. The highest BCUT2D eigenvalue weighted by Gasteiger charge is 2.26. The highest BCUT2D eigenvalue weighted by Crippen LogP contribution is 2.35. The van der Waals surface area contributed by atoms with Crippen LogP contribution in [0.5, 0.6) is 17.2 Å². The SMILES string of the molecule is COc1cc(F)cc(Oc2ccc([N+](=O)[O-])c(N(C)C(=O)OC(C)(C)C)c2)c1. The second-order valence-corrected chi connectivity index (χ2v) is 6.88. The molecule has 0 heterocycles. The number of hydrogen-bond donors (Lipinski definition) is 0. The first-order valence-electron chi connectivity index (χ1n) is 8.28. The number of methoxy groups -OCH3 is 1. The fourth-order valence-corrected chi connectivity index (χ4v) is 2.27. The predicted molar refractivity (Wildman–Crippen MR) is 101 cm³/mol. The summed E-state index contributed by atoms with van der Waals surface area (Å²) >= 11 is 0. The van der Waals surface area contributed by atoms with Gasteiger partial charge in [-0.05, 0) is 26.8 Å². The van der Waals surface area contributed by atoms with Crippen molar-refractivity contribution in [3.05, 3.63) is 52.3 Å². The first-order valence-corrected chi connectivity index (χ1v) is 8.28. The number of hydrogen-bond acceptors (Lipinski definition) is 6. The molecule has 0 saturated heterocycles. The van der Waals surface area contributed by atoms with Gasteiger partial charge in [-0.1, -0.05) is 0 Å². The number of nitro benzene ring substituents is 1. The molecule has 0 bridgehead atoms. The topological polar surface area (TPSA) is 91.1 Å². The van der Waals surface area contributed by atoms with Gasteiger partial charge in [0, 0.05) is 37.4 Å². The number of halogens is 1. The third-order valence-electron chi connectivity index (χ3n) is 3.49. The van der Waals surface area contributed by atoms with E-state index in [4.69, 9.17) is 14.2 Å². The molecule has 28 heavy (non-hydrogen) atoms. The van der Waals surface area contributed by atoms with Gasteiger partial charge in [-0.3, -0.25) is 15.0 Å². The molecule has 2 aromatic carbocycles. The molecule has 0 aromatic heterocycles. The van der Waals surface area contributed by atoms with E-state index >= 15 is 0 Å². The average Bonchev–Trinajstić information content (AvgIpc) is 2.58. The van der Waals surface area contributed by atoms with Gasteiger partial charge in [-0.2, -0.15) is 0 Å². The molecule has 2 aromatic rings. The molecule has 0 radical (unpaired) electrons. The normalized spacial score (nSPS) is 10.9. The molecule has 150 valence electrons. The van der Waals surface area contributed by atoms with Crippen LogP contribution >= 0.6 is 0 Å². The van der Waals surface area contributed by atoms with Crippen molar-refractivity contribution in [3.8, 4) is 17.2 Å². The molecule has 0 aliphatic heterocycles. The first-order chi connectivity index (χ1) is 13.0. The molecule has 1 amide bonds. The number of carbonyl (C=O) groups excluding carboxylic acids is 1. The van der Waals surface area contributed by atoms with E-state index in [0.717, 1.165) is 11.0 Å². The summed E-state index contributed by atoms with van der Waals surface area (Å²) in [7, 11) is 2.74. The summed E-state index contributed by atoms with van der Waals surface area (Å²) in [5, 5.41) is 11.4. The highest BCUT2D eigenvalue weighted by molar-refractivity contribution is 5.90. The molecule has 0 unspecified atom stereocenters. The lowest BCUT2D eigenvalue weighted by molar-refractivity contribution is -0.384. The number of amides is 1. The van der Waals surface area contributed by atoms with Gasteiger partial charge in [-0.15, -0.1) is 0 Å². The fraction of sp³-hybridized carbons (Fsp3) is 0.316. The summed E-state index contributed by atoms with van der Waals surface area (Å²) < 4.78 is 29.5. The van der Waals surface area contributed by atoms with E-state index in [1.807, 2.05) is 0 Å². The van der Waals surface area contributed by atoms with Crippen molar-refractivity contribution in [2.24, 2.45) is 0 Å². The minimum absolute atomic E-state index is 0.0277. The van der Waals surface area contributed by atoms with Crippen LogP contribution in [-0.4, -0.2) is 30.8 Å². The fourth-order valence-electron chi connectivity index (χ4n) is 2.27. The molecule has 8 nitrogen and oxygen atoms in total. The summed E-state index contributed by atoms with van der Waals surface area (Å²) in [6.07, 6.45) is -0.764. The molecule has 0 aliphatic rings. The maximum atomic E-state index is 13.6. The molecule has 0 N–H and O–H groups in total. The van der Waals surface area contributed by atoms with Gasteiger partial charge < -0.3 is 14.2 Å². The highest BCUT2D eigenvalue weighted by atomic mass is 19.1. The molecule has 0 saturated carbocycles. The number of carbonyl (C=O) groups is 1. The van der Waals surface area contributed by atoms with Gasteiger partial charge in [-0.25, -0.2) is 9.18 Å². The van der Waals surface area contributed by atoms with Gasteiger partial charge in [0.1, 0.15) is 34.4 Å². The zero-order chi connectivity index (χ0) is 21.1. The Morgan fingerprint density at radius 1 is 1.11 bits per heavy atom. The van der Waals surface area contributed by atoms with Crippen LogP contribution in [0.1, 0.15) is 20.8 Å².